The third-order valence-corrected chi connectivity index (χ3v) is 3.43. The van der Waals surface area contributed by atoms with Crippen LogP contribution in [0, 0.1) is 5.82 Å². The zero-order valence-electron chi connectivity index (χ0n) is 12.3. The number of hydrogen-bond donors (Lipinski definition) is 1. The third-order valence-electron chi connectivity index (χ3n) is 3.43. The van der Waals surface area contributed by atoms with E-state index in [0.717, 1.165) is 24.1 Å². The molecule has 1 aliphatic rings. The van der Waals surface area contributed by atoms with Gasteiger partial charge in [-0.25, -0.2) is 9.02 Å². The second kappa shape index (κ2) is 6.99. The highest BCUT2D eigenvalue weighted by Gasteiger charge is 2.21. The standard InChI is InChI=1S/C15H15FN4O3/c16-11-6-4-10(5-7-11)8-17-14(21)9-22-18-12-2-1-3-13-15(12)20-23-19-13/h4-7H,1-3,8-9H2,(H,17,21). The molecule has 1 N–H and O–H groups in total. The molecular weight excluding hydrogens is 303 g/mol. The first-order valence-corrected chi connectivity index (χ1v) is 7.24. The first-order valence-electron chi connectivity index (χ1n) is 7.24. The fourth-order valence-electron chi connectivity index (χ4n) is 2.24. The van der Waals surface area contributed by atoms with Crippen LogP contribution in [-0.2, 0) is 22.6 Å². The lowest BCUT2D eigenvalue weighted by Crippen LogP contribution is -2.26. The SMILES string of the molecule is O=C(CON=C1CCCc2nonc21)NCc1ccc(F)cc1. The lowest BCUT2D eigenvalue weighted by molar-refractivity contribution is -0.125. The maximum Gasteiger partial charge on any atom is 0.261 e. The average Bonchev–Trinajstić information content (AvgIpc) is 3.04. The smallest absolute Gasteiger partial charge is 0.261 e. The van der Waals surface area contributed by atoms with Gasteiger partial charge in [0.1, 0.15) is 17.2 Å². The fourth-order valence-corrected chi connectivity index (χ4v) is 2.24. The summed E-state index contributed by atoms with van der Waals surface area (Å²) in [5, 5.41) is 14.2. The van der Waals surface area contributed by atoms with Crippen LogP contribution in [0.2, 0.25) is 0 Å². The van der Waals surface area contributed by atoms with Gasteiger partial charge in [-0.15, -0.1) is 0 Å². The van der Waals surface area contributed by atoms with Gasteiger partial charge in [-0.1, -0.05) is 22.4 Å². The van der Waals surface area contributed by atoms with Gasteiger partial charge in [0.15, 0.2) is 12.3 Å². The number of nitrogens with zero attached hydrogens (tertiary/aromatic N) is 3. The van der Waals surface area contributed by atoms with E-state index in [-0.39, 0.29) is 18.3 Å². The van der Waals surface area contributed by atoms with E-state index in [2.05, 4.69) is 25.4 Å². The molecular formula is C15H15FN4O3. The highest BCUT2D eigenvalue weighted by atomic mass is 19.1. The van der Waals surface area contributed by atoms with Gasteiger partial charge in [0, 0.05) is 6.54 Å². The molecule has 0 saturated heterocycles. The van der Waals surface area contributed by atoms with E-state index in [1.165, 1.54) is 12.1 Å². The molecule has 1 amide bonds. The van der Waals surface area contributed by atoms with Crippen molar-refractivity contribution in [1.82, 2.24) is 15.6 Å². The Morgan fingerprint density at radius 3 is 2.96 bits per heavy atom. The number of benzene rings is 1. The van der Waals surface area contributed by atoms with Gasteiger partial charge >= 0.3 is 0 Å². The van der Waals surface area contributed by atoms with E-state index in [1.807, 2.05) is 0 Å². The Labute approximate surface area is 131 Å². The van der Waals surface area contributed by atoms with Gasteiger partial charge in [0.05, 0.1) is 0 Å². The number of rotatable bonds is 5. The van der Waals surface area contributed by atoms with Gasteiger partial charge < -0.3 is 10.2 Å². The van der Waals surface area contributed by atoms with Crippen LogP contribution in [0.5, 0.6) is 0 Å². The van der Waals surface area contributed by atoms with E-state index in [1.54, 1.807) is 12.1 Å². The highest BCUT2D eigenvalue weighted by molar-refractivity contribution is 6.00. The molecule has 2 aromatic rings. The van der Waals surface area contributed by atoms with Crippen LogP contribution in [0.1, 0.15) is 29.8 Å². The van der Waals surface area contributed by atoms with Crippen molar-refractivity contribution in [2.24, 2.45) is 5.16 Å². The number of nitrogens with one attached hydrogen (secondary N) is 1. The number of carbonyl (C=O) groups excluding carboxylic acids is 1. The van der Waals surface area contributed by atoms with Crippen LogP contribution in [0.25, 0.3) is 0 Å². The largest absolute Gasteiger partial charge is 0.385 e. The van der Waals surface area contributed by atoms with E-state index in [4.69, 9.17) is 4.84 Å². The minimum absolute atomic E-state index is 0.203. The molecule has 1 aromatic heterocycles. The van der Waals surface area contributed by atoms with Crippen molar-refractivity contribution < 1.29 is 18.7 Å². The quantitative estimate of drug-likeness (QED) is 0.845. The molecule has 0 spiro atoms. The van der Waals surface area contributed by atoms with Crippen molar-refractivity contribution in [1.29, 1.82) is 0 Å². The number of aromatic nitrogens is 2. The zero-order chi connectivity index (χ0) is 16.1. The maximum absolute atomic E-state index is 12.8. The lowest BCUT2D eigenvalue weighted by atomic mass is 9.99. The second-order valence-corrected chi connectivity index (χ2v) is 5.13. The molecule has 0 aliphatic heterocycles. The van der Waals surface area contributed by atoms with Crippen molar-refractivity contribution in [3.63, 3.8) is 0 Å². The number of aryl methyl sites for hydroxylation is 1. The predicted molar refractivity (Wildman–Crippen MR) is 78.0 cm³/mol. The first kappa shape index (κ1) is 15.1. The predicted octanol–water partition coefficient (Wildman–Crippen LogP) is 1.58. The van der Waals surface area contributed by atoms with Gasteiger partial charge in [-0.05, 0) is 42.1 Å². The van der Waals surface area contributed by atoms with E-state index < -0.39 is 0 Å². The Kier molecular flexibility index (Phi) is 4.60. The summed E-state index contributed by atoms with van der Waals surface area (Å²) in [5.41, 5.74) is 2.80. The van der Waals surface area contributed by atoms with Crippen LogP contribution in [0.4, 0.5) is 4.39 Å². The Morgan fingerprint density at radius 2 is 2.13 bits per heavy atom. The Balaban J connectivity index is 1.47. The highest BCUT2D eigenvalue weighted by Crippen LogP contribution is 2.18. The molecule has 120 valence electrons. The lowest BCUT2D eigenvalue weighted by Gasteiger charge is -2.09. The molecule has 0 bridgehead atoms. The van der Waals surface area contributed by atoms with Crippen LogP contribution in [0.3, 0.4) is 0 Å². The molecule has 8 heteroatoms. The fraction of sp³-hybridized carbons (Fsp3) is 0.333. The van der Waals surface area contributed by atoms with Crippen LogP contribution in [0.15, 0.2) is 34.1 Å². The summed E-state index contributed by atoms with van der Waals surface area (Å²) < 4.78 is 17.5. The molecule has 0 fully saturated rings. The topological polar surface area (TPSA) is 89.6 Å². The van der Waals surface area contributed by atoms with Crippen molar-refractivity contribution >= 4 is 11.6 Å². The number of carbonyl (C=O) groups is 1. The van der Waals surface area contributed by atoms with Crippen LogP contribution >= 0.6 is 0 Å². The van der Waals surface area contributed by atoms with Gasteiger partial charge in [0.25, 0.3) is 5.91 Å². The van der Waals surface area contributed by atoms with E-state index >= 15 is 0 Å². The number of oxime groups is 1. The molecule has 0 radical (unpaired) electrons. The van der Waals surface area contributed by atoms with E-state index in [9.17, 15) is 9.18 Å². The number of amides is 1. The molecule has 0 unspecified atom stereocenters. The molecule has 7 nitrogen and oxygen atoms in total. The minimum atomic E-state index is -0.312. The Bertz CT molecular complexity index is 712. The third kappa shape index (κ3) is 3.91. The van der Waals surface area contributed by atoms with Crippen molar-refractivity contribution in [2.75, 3.05) is 6.61 Å². The summed E-state index contributed by atoms with van der Waals surface area (Å²) >= 11 is 0. The van der Waals surface area contributed by atoms with Crippen LogP contribution < -0.4 is 5.32 Å². The summed E-state index contributed by atoms with van der Waals surface area (Å²) in [4.78, 5) is 16.8. The molecule has 1 aromatic carbocycles. The van der Waals surface area contributed by atoms with Crippen molar-refractivity contribution in [3.05, 3.63) is 47.0 Å². The van der Waals surface area contributed by atoms with E-state index in [0.29, 0.717) is 24.4 Å². The van der Waals surface area contributed by atoms with Gasteiger partial charge in [-0.3, -0.25) is 4.79 Å². The molecule has 0 atom stereocenters. The Hall–Kier alpha value is -2.77. The Morgan fingerprint density at radius 1 is 1.30 bits per heavy atom. The number of fused-ring (bicyclic) bond motifs is 1. The van der Waals surface area contributed by atoms with Gasteiger partial charge in [-0.2, -0.15) is 0 Å². The molecule has 1 aliphatic carbocycles. The summed E-state index contributed by atoms with van der Waals surface area (Å²) in [6, 6.07) is 5.91. The molecule has 3 rings (SSSR count). The molecule has 23 heavy (non-hydrogen) atoms. The van der Waals surface area contributed by atoms with Crippen molar-refractivity contribution in [2.45, 2.75) is 25.8 Å². The summed E-state index contributed by atoms with van der Waals surface area (Å²) in [6.45, 7) is 0.0989. The van der Waals surface area contributed by atoms with Gasteiger partial charge in [0.2, 0.25) is 0 Å². The average molecular weight is 318 g/mol. The maximum atomic E-state index is 12.8. The second-order valence-electron chi connectivity index (χ2n) is 5.13. The summed E-state index contributed by atoms with van der Waals surface area (Å²) in [5.74, 6) is -0.624. The number of hydrogen-bond acceptors (Lipinski definition) is 6. The minimum Gasteiger partial charge on any atom is -0.385 e. The first-order chi connectivity index (χ1) is 11.2. The summed E-state index contributed by atoms with van der Waals surface area (Å²) in [7, 11) is 0. The number of halogens is 1. The zero-order valence-corrected chi connectivity index (χ0v) is 12.3. The normalized spacial score (nSPS) is 15.3. The van der Waals surface area contributed by atoms with Crippen molar-refractivity contribution in [3.8, 4) is 0 Å². The molecule has 1 heterocycles. The van der Waals surface area contributed by atoms with Crippen LogP contribution in [-0.4, -0.2) is 28.5 Å². The monoisotopic (exact) mass is 318 g/mol. The molecule has 0 saturated carbocycles. The summed E-state index contributed by atoms with van der Waals surface area (Å²) in [6.07, 6.45) is 2.40.